The average molecular weight is 226 g/mol. The summed E-state index contributed by atoms with van der Waals surface area (Å²) < 4.78 is 0. The van der Waals surface area contributed by atoms with Crippen molar-refractivity contribution >= 4 is 17.9 Å². The Balaban J connectivity index is 3.75. The highest BCUT2D eigenvalue weighted by Gasteiger charge is 2.09. The lowest BCUT2D eigenvalue weighted by Gasteiger charge is -2.08. The number of terminal acetylenes is 1. The molecule has 6 nitrogen and oxygen atoms in total. The molecule has 16 heavy (non-hydrogen) atoms. The maximum absolute atomic E-state index is 11.1. The highest BCUT2D eigenvalue weighted by atomic mass is 16.4. The quantitative estimate of drug-likeness (QED) is 0.579. The van der Waals surface area contributed by atoms with Crippen LogP contribution < -0.4 is 10.6 Å². The molecule has 1 unspecified atom stereocenters. The Kier molecular flexibility index (Phi) is 6.36. The Morgan fingerprint density at radius 3 is 2.50 bits per heavy atom. The molecule has 1 atom stereocenters. The normalized spacial score (nSPS) is 11.0. The van der Waals surface area contributed by atoms with Crippen molar-refractivity contribution in [3.63, 3.8) is 0 Å². The molecule has 6 heteroatoms. The molecule has 0 spiro atoms. The van der Waals surface area contributed by atoms with Crippen molar-refractivity contribution in [2.24, 2.45) is 0 Å². The van der Waals surface area contributed by atoms with Crippen LogP contribution in [0.15, 0.2) is 0 Å². The number of rotatable bonds is 5. The van der Waals surface area contributed by atoms with Gasteiger partial charge in [0.2, 0.25) is 5.91 Å². The summed E-state index contributed by atoms with van der Waals surface area (Å²) in [5.74, 6) is 0.767. The van der Waals surface area contributed by atoms with Gasteiger partial charge in [0, 0.05) is 12.8 Å². The van der Waals surface area contributed by atoms with Crippen LogP contribution in [0.3, 0.4) is 0 Å². The van der Waals surface area contributed by atoms with Gasteiger partial charge in [0.15, 0.2) is 0 Å². The monoisotopic (exact) mass is 226 g/mol. The van der Waals surface area contributed by atoms with Crippen molar-refractivity contribution < 1.29 is 19.5 Å². The van der Waals surface area contributed by atoms with Gasteiger partial charge in [-0.05, 0) is 13.3 Å². The van der Waals surface area contributed by atoms with Crippen molar-refractivity contribution in [2.45, 2.75) is 32.2 Å². The topological polar surface area (TPSA) is 95.5 Å². The van der Waals surface area contributed by atoms with E-state index in [0.717, 1.165) is 0 Å². The Morgan fingerprint density at radius 2 is 2.00 bits per heavy atom. The predicted molar refractivity (Wildman–Crippen MR) is 56.5 cm³/mol. The van der Waals surface area contributed by atoms with Gasteiger partial charge < -0.3 is 10.4 Å². The third-order valence-electron chi connectivity index (χ3n) is 1.65. The van der Waals surface area contributed by atoms with Gasteiger partial charge in [0.1, 0.15) is 0 Å². The number of nitrogens with one attached hydrogen (secondary N) is 2. The second kappa shape index (κ2) is 7.29. The molecule has 0 saturated heterocycles. The highest BCUT2D eigenvalue weighted by molar-refractivity contribution is 5.94. The van der Waals surface area contributed by atoms with Crippen LogP contribution in [0.1, 0.15) is 26.2 Å². The number of carboxylic acids is 1. The number of carbonyl (C=O) groups is 3. The van der Waals surface area contributed by atoms with E-state index in [2.05, 4.69) is 11.2 Å². The fourth-order valence-electron chi connectivity index (χ4n) is 0.864. The first-order valence-corrected chi connectivity index (χ1v) is 4.74. The van der Waals surface area contributed by atoms with Crippen molar-refractivity contribution in [3.05, 3.63) is 0 Å². The molecule has 0 saturated carbocycles. The lowest BCUT2D eigenvalue weighted by Crippen LogP contribution is -2.42. The molecule has 3 amide bonds. The highest BCUT2D eigenvalue weighted by Crippen LogP contribution is 1.94. The molecule has 0 radical (unpaired) electrons. The van der Waals surface area contributed by atoms with Crippen molar-refractivity contribution in [3.8, 4) is 12.3 Å². The van der Waals surface area contributed by atoms with Gasteiger partial charge in [0.25, 0.3) is 0 Å². The second-order valence-electron chi connectivity index (χ2n) is 3.16. The molecule has 0 fully saturated rings. The first kappa shape index (κ1) is 14.0. The van der Waals surface area contributed by atoms with Crippen LogP contribution in [0.5, 0.6) is 0 Å². The molecule has 0 aromatic heterocycles. The van der Waals surface area contributed by atoms with E-state index in [-0.39, 0.29) is 19.3 Å². The minimum absolute atomic E-state index is 0.00977. The summed E-state index contributed by atoms with van der Waals surface area (Å²) in [5, 5.41) is 12.7. The first-order chi connectivity index (χ1) is 7.45. The number of aliphatic carboxylic acids is 1. The molecule has 0 aliphatic heterocycles. The molecular weight excluding hydrogens is 212 g/mol. The van der Waals surface area contributed by atoms with Crippen LogP contribution in [0.2, 0.25) is 0 Å². The maximum atomic E-state index is 11.1. The zero-order chi connectivity index (χ0) is 12.6. The van der Waals surface area contributed by atoms with Gasteiger partial charge in [-0.25, -0.2) is 4.79 Å². The van der Waals surface area contributed by atoms with E-state index in [1.54, 1.807) is 6.92 Å². The summed E-state index contributed by atoms with van der Waals surface area (Å²) in [6, 6.07) is -1.14. The molecule has 0 aliphatic rings. The van der Waals surface area contributed by atoms with Crippen molar-refractivity contribution in [1.82, 2.24) is 10.6 Å². The van der Waals surface area contributed by atoms with Gasteiger partial charge in [-0.2, -0.15) is 0 Å². The maximum Gasteiger partial charge on any atom is 0.322 e. The Labute approximate surface area is 93.4 Å². The zero-order valence-corrected chi connectivity index (χ0v) is 8.95. The Morgan fingerprint density at radius 1 is 1.38 bits per heavy atom. The number of urea groups is 1. The molecular formula is C10H14N2O4. The van der Waals surface area contributed by atoms with Crippen LogP contribution in [-0.2, 0) is 9.59 Å². The smallest absolute Gasteiger partial charge is 0.322 e. The molecule has 0 rings (SSSR count). The van der Waals surface area contributed by atoms with E-state index >= 15 is 0 Å². The van der Waals surface area contributed by atoms with E-state index < -0.39 is 23.9 Å². The molecule has 0 aromatic carbocycles. The van der Waals surface area contributed by atoms with Gasteiger partial charge in [-0.15, -0.1) is 6.42 Å². The summed E-state index contributed by atoms with van der Waals surface area (Å²) in [6.07, 6.45) is 5.10. The standard InChI is InChI=1S/C10H14N2O4/c1-3-7(2)11-10(16)12-8(13)5-4-6-9(14)15/h1,7H,4-6H2,2H3,(H,14,15)(H2,11,12,13,16). The molecule has 88 valence electrons. The van der Waals surface area contributed by atoms with Crippen molar-refractivity contribution in [2.75, 3.05) is 0 Å². The SMILES string of the molecule is C#CC(C)NC(=O)NC(=O)CCCC(=O)O. The third-order valence-corrected chi connectivity index (χ3v) is 1.65. The van der Waals surface area contributed by atoms with Crippen LogP contribution in [0.4, 0.5) is 4.79 Å². The third kappa shape index (κ3) is 7.38. The van der Waals surface area contributed by atoms with E-state index in [1.165, 1.54) is 0 Å². The van der Waals surface area contributed by atoms with Crippen LogP contribution in [0.25, 0.3) is 0 Å². The van der Waals surface area contributed by atoms with Gasteiger partial charge >= 0.3 is 12.0 Å². The lowest BCUT2D eigenvalue weighted by molar-refractivity contribution is -0.137. The summed E-state index contributed by atoms with van der Waals surface area (Å²) in [4.78, 5) is 32.3. The van der Waals surface area contributed by atoms with Gasteiger partial charge in [-0.1, -0.05) is 5.92 Å². The first-order valence-electron chi connectivity index (χ1n) is 4.74. The number of hydrogen-bond acceptors (Lipinski definition) is 3. The summed E-state index contributed by atoms with van der Waals surface area (Å²) >= 11 is 0. The predicted octanol–water partition coefficient (Wildman–Crippen LogP) is 0.0888. The fraction of sp³-hybridized carbons (Fsp3) is 0.500. The van der Waals surface area contributed by atoms with Gasteiger partial charge in [-0.3, -0.25) is 14.9 Å². The fourth-order valence-corrected chi connectivity index (χ4v) is 0.864. The minimum atomic E-state index is -0.974. The summed E-state index contributed by atoms with van der Waals surface area (Å²) in [7, 11) is 0. The second-order valence-corrected chi connectivity index (χ2v) is 3.16. The molecule has 3 N–H and O–H groups in total. The largest absolute Gasteiger partial charge is 0.481 e. The average Bonchev–Trinajstić information content (AvgIpc) is 2.16. The number of carbonyl (C=O) groups excluding carboxylic acids is 2. The number of hydrogen-bond donors (Lipinski definition) is 3. The van der Waals surface area contributed by atoms with Gasteiger partial charge in [0.05, 0.1) is 6.04 Å². The summed E-state index contributed by atoms with van der Waals surface area (Å²) in [6.45, 7) is 1.59. The summed E-state index contributed by atoms with van der Waals surface area (Å²) in [5.41, 5.74) is 0. The van der Waals surface area contributed by atoms with Crippen LogP contribution >= 0.6 is 0 Å². The Bertz CT molecular complexity index is 319. The van der Waals surface area contributed by atoms with E-state index in [9.17, 15) is 14.4 Å². The number of carboxylic acid groups (broad SMARTS) is 1. The van der Waals surface area contributed by atoms with E-state index in [4.69, 9.17) is 11.5 Å². The molecule has 0 aliphatic carbocycles. The zero-order valence-electron chi connectivity index (χ0n) is 8.95. The van der Waals surface area contributed by atoms with E-state index in [0.29, 0.717) is 0 Å². The minimum Gasteiger partial charge on any atom is -0.481 e. The van der Waals surface area contributed by atoms with E-state index in [1.807, 2.05) is 5.32 Å². The number of imide groups is 1. The Hall–Kier alpha value is -2.03. The van der Waals surface area contributed by atoms with Crippen molar-refractivity contribution in [1.29, 1.82) is 0 Å². The van der Waals surface area contributed by atoms with Crippen LogP contribution in [0, 0.1) is 12.3 Å². The molecule has 0 heterocycles. The molecule has 0 bridgehead atoms. The lowest BCUT2D eigenvalue weighted by atomic mass is 10.2. The number of amides is 3. The van der Waals surface area contributed by atoms with Crippen LogP contribution in [-0.4, -0.2) is 29.1 Å². The molecule has 0 aromatic rings.